The van der Waals surface area contributed by atoms with Crippen LogP contribution < -0.4 is 15.0 Å². The molecule has 0 unspecified atom stereocenters. The molecule has 0 saturated heterocycles. The maximum absolute atomic E-state index is 12.7. The number of anilines is 1. The van der Waals surface area contributed by atoms with Crippen molar-refractivity contribution in [2.75, 3.05) is 18.0 Å². The van der Waals surface area contributed by atoms with Gasteiger partial charge in [-0.05, 0) is 44.9 Å². The molecule has 2 amide bonds. The lowest BCUT2D eigenvalue weighted by molar-refractivity contribution is -0.132. The van der Waals surface area contributed by atoms with Crippen molar-refractivity contribution < 1.29 is 14.3 Å². The molecule has 0 fully saturated rings. The summed E-state index contributed by atoms with van der Waals surface area (Å²) < 4.78 is 5.82. The molecule has 0 saturated carbocycles. The molecule has 0 aromatic heterocycles. The standard InChI is InChI=1S/C19H28N2O3/c1-5-6-7-11-20-17(22)10-12-21-15-13-14(2)8-9-16(15)24-19(3,4)18(21)23/h8-9,13H,5-7,10-12H2,1-4H3,(H,20,22). The van der Waals surface area contributed by atoms with E-state index in [2.05, 4.69) is 12.2 Å². The predicted octanol–water partition coefficient (Wildman–Crippen LogP) is 3.20. The Morgan fingerprint density at radius 3 is 2.75 bits per heavy atom. The van der Waals surface area contributed by atoms with Crippen LogP contribution >= 0.6 is 0 Å². The van der Waals surface area contributed by atoms with Gasteiger partial charge in [0.05, 0.1) is 5.69 Å². The number of carbonyl (C=O) groups excluding carboxylic acids is 2. The first-order chi connectivity index (χ1) is 11.3. The van der Waals surface area contributed by atoms with Crippen molar-refractivity contribution in [1.29, 1.82) is 0 Å². The molecule has 24 heavy (non-hydrogen) atoms. The molecule has 5 heteroatoms. The number of fused-ring (bicyclic) bond motifs is 1. The number of unbranched alkanes of at least 4 members (excludes halogenated alkanes) is 2. The number of hydrogen-bond donors (Lipinski definition) is 1. The van der Waals surface area contributed by atoms with E-state index < -0.39 is 5.60 Å². The fourth-order valence-corrected chi connectivity index (χ4v) is 2.80. The summed E-state index contributed by atoms with van der Waals surface area (Å²) in [5.41, 5.74) is 0.886. The van der Waals surface area contributed by atoms with Gasteiger partial charge in [0.15, 0.2) is 5.60 Å². The van der Waals surface area contributed by atoms with Gasteiger partial charge in [-0.3, -0.25) is 9.59 Å². The lowest BCUT2D eigenvalue weighted by Gasteiger charge is -2.38. The second-order valence-corrected chi connectivity index (χ2v) is 6.85. The summed E-state index contributed by atoms with van der Waals surface area (Å²) in [4.78, 5) is 26.4. The third kappa shape index (κ3) is 4.28. The van der Waals surface area contributed by atoms with Gasteiger partial charge in [0.2, 0.25) is 5.91 Å². The van der Waals surface area contributed by atoms with Gasteiger partial charge in [-0.2, -0.15) is 0 Å². The number of ether oxygens (including phenoxy) is 1. The summed E-state index contributed by atoms with van der Waals surface area (Å²) in [6.07, 6.45) is 3.53. The Morgan fingerprint density at radius 1 is 1.29 bits per heavy atom. The zero-order valence-corrected chi connectivity index (χ0v) is 15.1. The summed E-state index contributed by atoms with van der Waals surface area (Å²) in [6.45, 7) is 8.69. The van der Waals surface area contributed by atoms with Crippen molar-refractivity contribution in [1.82, 2.24) is 5.32 Å². The van der Waals surface area contributed by atoms with E-state index in [1.165, 1.54) is 0 Å². The third-order valence-corrected chi connectivity index (χ3v) is 4.20. The topological polar surface area (TPSA) is 58.6 Å². The van der Waals surface area contributed by atoms with E-state index in [0.29, 0.717) is 25.3 Å². The second-order valence-electron chi connectivity index (χ2n) is 6.85. The fraction of sp³-hybridized carbons (Fsp3) is 0.579. The largest absolute Gasteiger partial charge is 0.476 e. The molecule has 1 heterocycles. The molecular weight excluding hydrogens is 304 g/mol. The zero-order chi connectivity index (χ0) is 17.7. The molecule has 0 aliphatic carbocycles. The minimum absolute atomic E-state index is 0.0163. The first kappa shape index (κ1) is 18.3. The van der Waals surface area contributed by atoms with Crippen LogP contribution in [-0.4, -0.2) is 30.5 Å². The molecular formula is C19H28N2O3. The van der Waals surface area contributed by atoms with Crippen LogP contribution in [0, 0.1) is 6.92 Å². The number of benzene rings is 1. The summed E-state index contributed by atoms with van der Waals surface area (Å²) in [5, 5.41) is 2.92. The van der Waals surface area contributed by atoms with E-state index >= 15 is 0 Å². The van der Waals surface area contributed by atoms with Crippen LogP contribution in [0.2, 0.25) is 0 Å². The number of hydrogen-bond acceptors (Lipinski definition) is 3. The number of carbonyl (C=O) groups is 2. The molecule has 1 aromatic rings. The molecule has 1 aliphatic heterocycles. The summed E-state index contributed by atoms with van der Waals surface area (Å²) >= 11 is 0. The Labute approximate surface area is 144 Å². The van der Waals surface area contributed by atoms with Crippen LogP contribution in [0.1, 0.15) is 52.0 Å². The first-order valence-corrected chi connectivity index (χ1v) is 8.73. The Balaban J connectivity index is 2.04. The van der Waals surface area contributed by atoms with Gasteiger partial charge in [-0.15, -0.1) is 0 Å². The lowest BCUT2D eigenvalue weighted by Crippen LogP contribution is -2.53. The molecule has 0 bridgehead atoms. The highest BCUT2D eigenvalue weighted by Gasteiger charge is 2.40. The second kappa shape index (κ2) is 7.69. The lowest BCUT2D eigenvalue weighted by atomic mass is 10.0. The zero-order valence-electron chi connectivity index (χ0n) is 15.1. The van der Waals surface area contributed by atoms with Gasteiger partial charge in [-0.1, -0.05) is 25.8 Å². The summed E-state index contributed by atoms with van der Waals surface area (Å²) in [5.74, 6) is 0.561. The third-order valence-electron chi connectivity index (χ3n) is 4.20. The molecule has 2 rings (SSSR count). The number of nitrogens with one attached hydrogen (secondary N) is 1. The number of amides is 2. The highest BCUT2D eigenvalue weighted by Crippen LogP contribution is 2.38. The summed E-state index contributed by atoms with van der Waals surface area (Å²) in [6, 6.07) is 5.78. The summed E-state index contributed by atoms with van der Waals surface area (Å²) in [7, 11) is 0. The van der Waals surface area contributed by atoms with Crippen LogP contribution in [-0.2, 0) is 9.59 Å². The number of nitrogens with zero attached hydrogens (tertiary/aromatic N) is 1. The average molecular weight is 332 g/mol. The Bertz CT molecular complexity index is 611. The number of rotatable bonds is 7. The van der Waals surface area contributed by atoms with Crippen LogP contribution in [0.3, 0.4) is 0 Å². The molecule has 1 N–H and O–H groups in total. The van der Waals surface area contributed by atoms with Crippen LogP contribution in [0.25, 0.3) is 0 Å². The molecule has 0 spiro atoms. The first-order valence-electron chi connectivity index (χ1n) is 8.73. The van der Waals surface area contributed by atoms with Crippen LogP contribution in [0.4, 0.5) is 5.69 Å². The molecule has 1 aliphatic rings. The van der Waals surface area contributed by atoms with Crippen molar-refractivity contribution in [2.45, 2.75) is 59.0 Å². The van der Waals surface area contributed by atoms with Crippen LogP contribution in [0.5, 0.6) is 5.75 Å². The molecule has 0 atom stereocenters. The number of aryl methyl sites for hydroxylation is 1. The van der Waals surface area contributed by atoms with Gasteiger partial charge in [0.25, 0.3) is 5.91 Å². The minimum Gasteiger partial charge on any atom is -0.476 e. The van der Waals surface area contributed by atoms with Gasteiger partial charge in [-0.25, -0.2) is 0 Å². The van der Waals surface area contributed by atoms with Crippen molar-refractivity contribution in [3.05, 3.63) is 23.8 Å². The van der Waals surface area contributed by atoms with Crippen molar-refractivity contribution in [3.63, 3.8) is 0 Å². The SMILES string of the molecule is CCCCCNC(=O)CCN1C(=O)C(C)(C)Oc2ccc(C)cc21. The Hall–Kier alpha value is -2.04. The molecule has 0 radical (unpaired) electrons. The van der Waals surface area contributed by atoms with E-state index in [1.807, 2.05) is 25.1 Å². The van der Waals surface area contributed by atoms with Gasteiger partial charge in [0.1, 0.15) is 5.75 Å². The fourth-order valence-electron chi connectivity index (χ4n) is 2.80. The predicted molar refractivity (Wildman–Crippen MR) is 95.4 cm³/mol. The van der Waals surface area contributed by atoms with E-state index in [1.54, 1.807) is 18.7 Å². The monoisotopic (exact) mass is 332 g/mol. The van der Waals surface area contributed by atoms with Crippen molar-refractivity contribution in [2.24, 2.45) is 0 Å². The van der Waals surface area contributed by atoms with Gasteiger partial charge < -0.3 is 15.0 Å². The van der Waals surface area contributed by atoms with E-state index in [0.717, 1.165) is 30.5 Å². The quantitative estimate of drug-likeness (QED) is 0.780. The van der Waals surface area contributed by atoms with E-state index in [-0.39, 0.29) is 11.8 Å². The van der Waals surface area contributed by atoms with Crippen LogP contribution in [0.15, 0.2) is 18.2 Å². The highest BCUT2D eigenvalue weighted by atomic mass is 16.5. The Morgan fingerprint density at radius 2 is 2.04 bits per heavy atom. The minimum atomic E-state index is -0.917. The molecule has 1 aromatic carbocycles. The normalized spacial score (nSPS) is 15.7. The smallest absolute Gasteiger partial charge is 0.270 e. The van der Waals surface area contributed by atoms with Gasteiger partial charge >= 0.3 is 0 Å². The van der Waals surface area contributed by atoms with Crippen molar-refractivity contribution >= 4 is 17.5 Å². The van der Waals surface area contributed by atoms with Gasteiger partial charge in [0, 0.05) is 19.5 Å². The molecule has 5 nitrogen and oxygen atoms in total. The Kier molecular flexibility index (Phi) is 5.86. The molecule has 132 valence electrons. The highest BCUT2D eigenvalue weighted by molar-refractivity contribution is 6.02. The maximum Gasteiger partial charge on any atom is 0.270 e. The van der Waals surface area contributed by atoms with Crippen molar-refractivity contribution in [3.8, 4) is 5.75 Å². The van der Waals surface area contributed by atoms with E-state index in [4.69, 9.17) is 4.74 Å². The maximum atomic E-state index is 12.7. The van der Waals surface area contributed by atoms with E-state index in [9.17, 15) is 9.59 Å². The average Bonchev–Trinajstić information content (AvgIpc) is 2.53.